The molecule has 2 fully saturated rings. The second-order valence-electron chi connectivity index (χ2n) is 7.55. The topological polar surface area (TPSA) is 102 Å². The van der Waals surface area contributed by atoms with Crippen molar-refractivity contribution in [2.75, 3.05) is 50.9 Å². The van der Waals surface area contributed by atoms with Gasteiger partial charge in [0.25, 0.3) is 5.91 Å². The van der Waals surface area contributed by atoms with Crippen LogP contribution in [0.2, 0.25) is 5.02 Å². The fourth-order valence-corrected chi connectivity index (χ4v) is 3.75. The first kappa shape index (κ1) is 22.3. The number of carbonyl (C=O) groups is 2. The summed E-state index contributed by atoms with van der Waals surface area (Å²) in [6.45, 7) is 3.31. The van der Waals surface area contributed by atoms with Gasteiger partial charge in [-0.15, -0.1) is 5.10 Å². The maximum atomic E-state index is 13.4. The van der Waals surface area contributed by atoms with Gasteiger partial charge in [-0.25, -0.2) is 4.39 Å². The predicted molar refractivity (Wildman–Crippen MR) is 113 cm³/mol. The monoisotopic (exact) mass is 466 g/mol. The third-order valence-corrected chi connectivity index (χ3v) is 5.69. The number of halogens is 2. The molecule has 2 aliphatic heterocycles. The highest BCUT2D eigenvalue weighted by atomic mass is 35.5. The molecule has 0 aliphatic carbocycles. The van der Waals surface area contributed by atoms with E-state index in [9.17, 15) is 14.0 Å². The average molecular weight is 467 g/mol. The Morgan fingerprint density at radius 2 is 1.97 bits per heavy atom. The summed E-state index contributed by atoms with van der Waals surface area (Å²) in [7, 11) is 0. The van der Waals surface area contributed by atoms with E-state index < -0.39 is 11.7 Å². The Labute approximate surface area is 189 Å². The van der Waals surface area contributed by atoms with E-state index in [1.165, 1.54) is 29.2 Å². The largest absolute Gasteiger partial charge is 0.489 e. The van der Waals surface area contributed by atoms with Crippen molar-refractivity contribution in [3.05, 3.63) is 40.9 Å². The van der Waals surface area contributed by atoms with Crippen molar-refractivity contribution in [2.24, 2.45) is 0 Å². The molecule has 0 atom stereocenters. The van der Waals surface area contributed by atoms with Gasteiger partial charge in [0.1, 0.15) is 17.7 Å². The van der Waals surface area contributed by atoms with Crippen LogP contribution in [-0.4, -0.2) is 83.9 Å². The van der Waals surface area contributed by atoms with Crippen molar-refractivity contribution in [1.29, 1.82) is 0 Å². The van der Waals surface area contributed by atoms with Gasteiger partial charge in [-0.1, -0.05) is 11.6 Å². The summed E-state index contributed by atoms with van der Waals surface area (Å²) < 4.78 is 24.5. The van der Waals surface area contributed by atoms with Crippen LogP contribution in [0.4, 0.5) is 4.39 Å². The average Bonchev–Trinajstić information content (AvgIpc) is 3.31. The molecule has 4 rings (SSSR count). The van der Waals surface area contributed by atoms with Gasteiger partial charge in [-0.2, -0.15) is 4.79 Å². The number of hydrogen-bond donors (Lipinski definition) is 1. The molecule has 3 heterocycles. The van der Waals surface area contributed by atoms with Gasteiger partial charge in [0.15, 0.2) is 5.69 Å². The summed E-state index contributed by atoms with van der Waals surface area (Å²) in [6, 6.07) is 3.98. The molecule has 12 heteroatoms. The molecular weight excluding hydrogens is 443 g/mol. The fraction of sp³-hybridized carbons (Fsp3) is 0.500. The molecule has 172 valence electrons. The van der Waals surface area contributed by atoms with E-state index in [0.717, 1.165) is 0 Å². The minimum absolute atomic E-state index is 0.134. The smallest absolute Gasteiger partial charge is 0.273 e. The molecule has 2 saturated heterocycles. The van der Waals surface area contributed by atoms with Crippen molar-refractivity contribution in [3.63, 3.8) is 0 Å². The molecule has 2 aromatic rings. The Balaban J connectivity index is 1.21. The molecule has 32 heavy (non-hydrogen) atoms. The first-order valence-electron chi connectivity index (χ1n) is 10.4. The minimum atomic E-state index is -0.461. The number of nitrogens with zero attached hydrogens (tertiary/aromatic N) is 5. The highest BCUT2D eigenvalue weighted by molar-refractivity contribution is 6.32. The predicted octanol–water partition coefficient (Wildman–Crippen LogP) is 0.839. The zero-order chi connectivity index (χ0) is 22.5. The lowest BCUT2D eigenvalue weighted by Gasteiger charge is -2.32. The van der Waals surface area contributed by atoms with E-state index in [2.05, 4.69) is 15.6 Å². The Morgan fingerprint density at radius 1 is 1.22 bits per heavy atom. The molecule has 1 N–H and O–H groups in total. The standard InChI is InChI=1S/C20H24ClFN6O4/c21-16-2-1-14(22)11-18(16)32-15-3-5-26(6-4-15)19(29)12-23-20(30)17-13-28(25-24-17)27-7-9-31-10-8-27/h1-2,11,13,15H,3-10,12H2,(H,23,30). The van der Waals surface area contributed by atoms with Crippen molar-refractivity contribution in [2.45, 2.75) is 18.9 Å². The van der Waals surface area contributed by atoms with Gasteiger partial charge in [0.2, 0.25) is 5.91 Å². The number of ether oxygens (including phenoxy) is 2. The van der Waals surface area contributed by atoms with Crippen LogP contribution in [0.3, 0.4) is 0 Å². The van der Waals surface area contributed by atoms with Crippen LogP contribution in [0.15, 0.2) is 24.4 Å². The third kappa shape index (κ3) is 5.46. The molecular formula is C20H24ClFN6O4. The van der Waals surface area contributed by atoms with Gasteiger partial charge in [-0.05, 0) is 17.3 Å². The molecule has 10 nitrogen and oxygen atoms in total. The first-order chi connectivity index (χ1) is 15.5. The number of carbonyl (C=O) groups excluding carboxylic acids is 2. The normalized spacial score (nSPS) is 17.3. The lowest BCUT2D eigenvalue weighted by atomic mass is 10.1. The molecule has 1 aromatic heterocycles. The number of benzene rings is 1. The number of likely N-dealkylation sites (tertiary alicyclic amines) is 1. The van der Waals surface area contributed by atoms with Gasteiger partial charge in [0.05, 0.1) is 44.1 Å². The number of piperidine rings is 1. The Morgan fingerprint density at radius 3 is 2.72 bits per heavy atom. The molecule has 2 amide bonds. The van der Waals surface area contributed by atoms with E-state index in [1.54, 1.807) is 4.90 Å². The second-order valence-corrected chi connectivity index (χ2v) is 7.95. The van der Waals surface area contributed by atoms with Gasteiger partial charge < -0.3 is 19.7 Å². The van der Waals surface area contributed by atoms with Gasteiger partial charge >= 0.3 is 0 Å². The SMILES string of the molecule is O=C(NCC(=O)N1CCC(Oc2cc(F)ccc2Cl)CC1)c1cn(N2CCOCC2)nn1. The molecule has 0 spiro atoms. The zero-order valence-corrected chi connectivity index (χ0v) is 18.1. The van der Waals surface area contributed by atoms with Crippen LogP contribution in [0.5, 0.6) is 5.75 Å². The number of amides is 2. The summed E-state index contributed by atoms with van der Waals surface area (Å²) in [4.78, 5) is 28.0. The van der Waals surface area contributed by atoms with Crippen LogP contribution < -0.4 is 15.1 Å². The number of morpholine rings is 1. The fourth-order valence-electron chi connectivity index (χ4n) is 3.58. The lowest BCUT2D eigenvalue weighted by Crippen LogP contribution is -2.46. The second kappa shape index (κ2) is 10.1. The lowest BCUT2D eigenvalue weighted by molar-refractivity contribution is -0.131. The highest BCUT2D eigenvalue weighted by Gasteiger charge is 2.25. The molecule has 0 saturated carbocycles. The van der Waals surface area contributed by atoms with E-state index in [-0.39, 0.29) is 24.2 Å². The van der Waals surface area contributed by atoms with E-state index in [4.69, 9.17) is 21.1 Å². The van der Waals surface area contributed by atoms with E-state index in [0.29, 0.717) is 63.0 Å². The van der Waals surface area contributed by atoms with Crippen LogP contribution in [0.1, 0.15) is 23.3 Å². The minimum Gasteiger partial charge on any atom is -0.489 e. The number of nitrogens with one attached hydrogen (secondary N) is 1. The van der Waals surface area contributed by atoms with Crippen molar-refractivity contribution in [1.82, 2.24) is 25.3 Å². The Kier molecular flexibility index (Phi) is 7.05. The molecule has 2 aliphatic rings. The van der Waals surface area contributed by atoms with Crippen molar-refractivity contribution >= 4 is 23.4 Å². The zero-order valence-electron chi connectivity index (χ0n) is 17.4. The van der Waals surface area contributed by atoms with E-state index >= 15 is 0 Å². The maximum Gasteiger partial charge on any atom is 0.273 e. The molecule has 0 radical (unpaired) electrons. The van der Waals surface area contributed by atoms with Crippen LogP contribution in [-0.2, 0) is 9.53 Å². The van der Waals surface area contributed by atoms with E-state index in [1.807, 2.05) is 5.01 Å². The molecule has 0 bridgehead atoms. The third-order valence-electron chi connectivity index (χ3n) is 5.37. The Bertz CT molecular complexity index is 959. The first-order valence-corrected chi connectivity index (χ1v) is 10.8. The summed E-state index contributed by atoms with van der Waals surface area (Å²) in [5, 5.41) is 12.7. The number of hydrogen-bond acceptors (Lipinski definition) is 7. The quantitative estimate of drug-likeness (QED) is 0.673. The van der Waals surface area contributed by atoms with Gasteiger partial charge in [-0.3, -0.25) is 14.6 Å². The number of aromatic nitrogens is 3. The summed E-state index contributed by atoms with van der Waals surface area (Å²) >= 11 is 6.05. The molecule has 0 unspecified atom stereocenters. The summed E-state index contributed by atoms with van der Waals surface area (Å²) in [5.74, 6) is -0.774. The van der Waals surface area contributed by atoms with Crippen LogP contribution >= 0.6 is 11.6 Å². The Hall–Kier alpha value is -2.92. The van der Waals surface area contributed by atoms with Gasteiger partial charge in [0, 0.05) is 32.0 Å². The number of rotatable bonds is 6. The molecule has 1 aromatic carbocycles. The van der Waals surface area contributed by atoms with Crippen LogP contribution in [0.25, 0.3) is 0 Å². The summed E-state index contributed by atoms with van der Waals surface area (Å²) in [6.07, 6.45) is 2.54. The maximum absolute atomic E-state index is 13.4. The summed E-state index contributed by atoms with van der Waals surface area (Å²) in [5.41, 5.74) is 0.142. The van der Waals surface area contributed by atoms with Crippen molar-refractivity contribution < 1.29 is 23.5 Å². The highest BCUT2D eigenvalue weighted by Crippen LogP contribution is 2.28. The van der Waals surface area contributed by atoms with Crippen LogP contribution in [0, 0.1) is 5.82 Å². The van der Waals surface area contributed by atoms with Crippen molar-refractivity contribution in [3.8, 4) is 5.75 Å².